The first kappa shape index (κ1) is 10.2. The number of anilines is 2. The lowest BCUT2D eigenvalue weighted by Crippen LogP contribution is -2.09. The molecule has 1 aromatic heterocycles. The van der Waals surface area contributed by atoms with Gasteiger partial charge in [-0.3, -0.25) is 0 Å². The number of pyridine rings is 1. The molecular weight excluding hydrogens is 196 g/mol. The number of alkyl halides is 2. The van der Waals surface area contributed by atoms with Crippen LogP contribution in [0.25, 0.3) is 0 Å². The van der Waals surface area contributed by atoms with Crippen molar-refractivity contribution in [2.24, 2.45) is 0 Å². The minimum Gasteiger partial charge on any atom is -0.477 e. The zero-order valence-electron chi connectivity index (χ0n) is 6.87. The molecule has 0 bridgehead atoms. The van der Waals surface area contributed by atoms with Crippen molar-refractivity contribution in [1.29, 1.82) is 0 Å². The van der Waals surface area contributed by atoms with Crippen LogP contribution in [-0.2, 0) is 0 Å². The van der Waals surface area contributed by atoms with Crippen LogP contribution in [0.4, 0.5) is 20.3 Å². The van der Waals surface area contributed by atoms with Crippen molar-refractivity contribution in [2.45, 2.75) is 6.43 Å². The van der Waals surface area contributed by atoms with Crippen molar-refractivity contribution in [2.75, 3.05) is 11.5 Å². The lowest BCUT2D eigenvalue weighted by Gasteiger charge is -2.07. The van der Waals surface area contributed by atoms with E-state index in [1.54, 1.807) is 0 Å². The second kappa shape index (κ2) is 3.44. The number of carboxylic acids is 1. The maximum atomic E-state index is 12.3. The summed E-state index contributed by atoms with van der Waals surface area (Å²) in [5.41, 5.74) is 8.81. The number of carboxylic acid groups (broad SMARTS) is 1. The normalized spacial score (nSPS) is 10.5. The van der Waals surface area contributed by atoms with Crippen LogP contribution >= 0.6 is 0 Å². The summed E-state index contributed by atoms with van der Waals surface area (Å²) in [5.74, 6) is -1.83. The van der Waals surface area contributed by atoms with E-state index >= 15 is 0 Å². The molecule has 76 valence electrons. The van der Waals surface area contributed by atoms with Crippen molar-refractivity contribution in [3.63, 3.8) is 0 Å². The monoisotopic (exact) mass is 203 g/mol. The maximum absolute atomic E-state index is 12.3. The number of aromatic carboxylic acids is 1. The van der Waals surface area contributed by atoms with Gasteiger partial charge in [-0.1, -0.05) is 0 Å². The van der Waals surface area contributed by atoms with Crippen LogP contribution in [0.1, 0.15) is 22.5 Å². The van der Waals surface area contributed by atoms with Gasteiger partial charge < -0.3 is 16.6 Å². The molecule has 0 saturated carbocycles. The highest BCUT2D eigenvalue weighted by Gasteiger charge is 2.18. The zero-order chi connectivity index (χ0) is 10.9. The predicted octanol–water partition coefficient (Wildman–Crippen LogP) is 0.882. The number of aromatic nitrogens is 1. The fraction of sp³-hybridized carbons (Fsp3) is 0.143. The number of carbonyl (C=O) groups is 1. The smallest absolute Gasteiger partial charge is 0.354 e. The summed E-state index contributed by atoms with van der Waals surface area (Å²) in [6, 6.07) is 0.707. The highest BCUT2D eigenvalue weighted by molar-refractivity contribution is 5.87. The van der Waals surface area contributed by atoms with Crippen molar-refractivity contribution >= 4 is 17.5 Å². The topological polar surface area (TPSA) is 102 Å². The van der Waals surface area contributed by atoms with Gasteiger partial charge in [0.2, 0.25) is 0 Å². The fourth-order valence-corrected chi connectivity index (χ4v) is 0.885. The Morgan fingerprint density at radius 2 is 2.07 bits per heavy atom. The number of rotatable bonds is 2. The molecule has 1 aromatic rings. The molecule has 0 aliphatic carbocycles. The van der Waals surface area contributed by atoms with Crippen molar-refractivity contribution < 1.29 is 18.7 Å². The Kier molecular flexibility index (Phi) is 2.50. The SMILES string of the molecule is Nc1nc(C(=O)O)cc(C(F)F)c1N. The van der Waals surface area contributed by atoms with Gasteiger partial charge in [0.15, 0.2) is 5.69 Å². The van der Waals surface area contributed by atoms with E-state index in [0.717, 1.165) is 0 Å². The Labute approximate surface area is 77.3 Å². The van der Waals surface area contributed by atoms with E-state index in [-0.39, 0.29) is 5.69 Å². The van der Waals surface area contributed by atoms with E-state index in [9.17, 15) is 13.6 Å². The van der Waals surface area contributed by atoms with Gasteiger partial charge in [-0.15, -0.1) is 0 Å². The average molecular weight is 203 g/mol. The van der Waals surface area contributed by atoms with Crippen LogP contribution in [0.5, 0.6) is 0 Å². The second-order valence-corrected chi connectivity index (χ2v) is 2.50. The molecular formula is C7H7F2N3O2. The molecule has 5 nitrogen and oxygen atoms in total. The molecule has 0 saturated heterocycles. The Morgan fingerprint density at radius 3 is 2.50 bits per heavy atom. The third-order valence-corrected chi connectivity index (χ3v) is 1.57. The fourth-order valence-electron chi connectivity index (χ4n) is 0.885. The number of nitrogens with zero attached hydrogens (tertiary/aromatic N) is 1. The molecule has 0 spiro atoms. The minimum absolute atomic E-state index is 0.384. The van der Waals surface area contributed by atoms with Crippen LogP contribution in [-0.4, -0.2) is 16.1 Å². The summed E-state index contributed by atoms with van der Waals surface area (Å²) in [4.78, 5) is 13.8. The summed E-state index contributed by atoms with van der Waals surface area (Å²) < 4.78 is 24.6. The van der Waals surface area contributed by atoms with Crippen LogP contribution in [0.3, 0.4) is 0 Å². The lowest BCUT2D eigenvalue weighted by molar-refractivity contribution is 0.0690. The lowest BCUT2D eigenvalue weighted by atomic mass is 10.2. The van der Waals surface area contributed by atoms with E-state index in [0.29, 0.717) is 6.07 Å². The maximum Gasteiger partial charge on any atom is 0.354 e. The van der Waals surface area contributed by atoms with Crippen LogP contribution in [0, 0.1) is 0 Å². The van der Waals surface area contributed by atoms with E-state index in [2.05, 4.69) is 4.98 Å². The van der Waals surface area contributed by atoms with Gasteiger partial charge in [0.05, 0.1) is 5.69 Å². The molecule has 5 N–H and O–H groups in total. The van der Waals surface area contributed by atoms with Gasteiger partial charge in [-0.05, 0) is 6.07 Å². The summed E-state index contributed by atoms with van der Waals surface area (Å²) in [6.07, 6.45) is -2.88. The molecule has 0 atom stereocenters. The van der Waals surface area contributed by atoms with Crippen molar-refractivity contribution in [1.82, 2.24) is 4.98 Å². The van der Waals surface area contributed by atoms with Crippen molar-refractivity contribution in [3.8, 4) is 0 Å². The van der Waals surface area contributed by atoms with E-state index in [1.165, 1.54) is 0 Å². The molecule has 0 radical (unpaired) electrons. The van der Waals surface area contributed by atoms with E-state index in [1.807, 2.05) is 0 Å². The standard InChI is InChI=1S/C7H7F2N3O2/c8-5(9)2-1-3(7(13)14)12-6(11)4(2)10/h1,5H,10H2,(H2,11,12)(H,13,14). The number of hydrogen-bond donors (Lipinski definition) is 3. The first-order valence-corrected chi connectivity index (χ1v) is 3.50. The van der Waals surface area contributed by atoms with Gasteiger partial charge in [-0.25, -0.2) is 18.6 Å². The third-order valence-electron chi connectivity index (χ3n) is 1.57. The largest absolute Gasteiger partial charge is 0.477 e. The molecule has 0 unspecified atom stereocenters. The Morgan fingerprint density at radius 1 is 1.50 bits per heavy atom. The van der Waals surface area contributed by atoms with Crippen LogP contribution < -0.4 is 11.5 Å². The molecule has 0 fully saturated rings. The average Bonchev–Trinajstić information content (AvgIpc) is 2.08. The van der Waals surface area contributed by atoms with Gasteiger partial charge in [0.1, 0.15) is 5.82 Å². The first-order chi connectivity index (χ1) is 6.43. The molecule has 1 rings (SSSR count). The van der Waals surface area contributed by atoms with Crippen molar-refractivity contribution in [3.05, 3.63) is 17.3 Å². The molecule has 0 amide bonds. The summed E-state index contributed by atoms with van der Waals surface area (Å²) >= 11 is 0. The third kappa shape index (κ3) is 1.70. The van der Waals surface area contributed by atoms with E-state index in [4.69, 9.17) is 16.6 Å². The zero-order valence-corrected chi connectivity index (χ0v) is 6.87. The minimum atomic E-state index is -2.88. The Bertz CT molecular complexity index is 381. The number of halogens is 2. The van der Waals surface area contributed by atoms with Crippen LogP contribution in [0.15, 0.2) is 6.07 Å². The predicted molar refractivity (Wildman–Crippen MR) is 45.0 cm³/mol. The Balaban J connectivity index is 3.35. The van der Waals surface area contributed by atoms with E-state index < -0.39 is 29.5 Å². The Hall–Kier alpha value is -1.92. The molecule has 1 heterocycles. The van der Waals surface area contributed by atoms with Gasteiger partial charge in [0.25, 0.3) is 6.43 Å². The second-order valence-electron chi connectivity index (χ2n) is 2.50. The number of hydrogen-bond acceptors (Lipinski definition) is 4. The summed E-state index contributed by atoms with van der Waals surface area (Å²) in [5, 5.41) is 8.50. The van der Waals surface area contributed by atoms with Gasteiger partial charge in [0, 0.05) is 5.56 Å². The van der Waals surface area contributed by atoms with Gasteiger partial charge >= 0.3 is 5.97 Å². The highest BCUT2D eigenvalue weighted by atomic mass is 19.3. The summed E-state index contributed by atoms with van der Waals surface area (Å²) in [6.45, 7) is 0. The first-order valence-electron chi connectivity index (χ1n) is 3.50. The van der Waals surface area contributed by atoms with Crippen LogP contribution in [0.2, 0.25) is 0 Å². The molecule has 0 aromatic carbocycles. The molecule has 14 heavy (non-hydrogen) atoms. The summed E-state index contributed by atoms with van der Waals surface area (Å²) in [7, 11) is 0. The number of nitrogen functional groups attached to an aromatic ring is 2. The highest BCUT2D eigenvalue weighted by Crippen LogP contribution is 2.28. The molecule has 0 aliphatic rings. The van der Waals surface area contributed by atoms with Gasteiger partial charge in [-0.2, -0.15) is 0 Å². The molecule has 0 aliphatic heterocycles. The quantitative estimate of drug-likeness (QED) is 0.662. The molecule has 7 heteroatoms. The number of nitrogens with two attached hydrogens (primary N) is 2.